The second-order valence-corrected chi connectivity index (χ2v) is 6.87. The van der Waals surface area contributed by atoms with Crippen molar-refractivity contribution in [2.24, 2.45) is 5.92 Å². The van der Waals surface area contributed by atoms with Gasteiger partial charge in [-0.05, 0) is 45.6 Å². The molecule has 2 fully saturated rings. The Bertz CT molecular complexity index is 391. The Hall–Kier alpha value is -1.12. The third-order valence-corrected chi connectivity index (χ3v) is 4.49. The SMILES string of the molecule is C=C1NC2CCCCC3=CN(C(C)(C)C)C(N1)C32. The van der Waals surface area contributed by atoms with E-state index in [9.17, 15) is 0 Å². The van der Waals surface area contributed by atoms with Crippen LogP contribution >= 0.6 is 0 Å². The number of hydrogen-bond donors (Lipinski definition) is 2. The fourth-order valence-corrected chi connectivity index (χ4v) is 3.68. The Labute approximate surface area is 110 Å². The number of nitrogens with zero attached hydrogens (tertiary/aromatic N) is 1. The lowest BCUT2D eigenvalue weighted by Crippen LogP contribution is -2.61. The minimum Gasteiger partial charge on any atom is -0.369 e. The molecular weight excluding hydrogens is 222 g/mol. The molecule has 1 aliphatic carbocycles. The van der Waals surface area contributed by atoms with Gasteiger partial charge < -0.3 is 15.5 Å². The first-order valence-electron chi connectivity index (χ1n) is 7.18. The van der Waals surface area contributed by atoms with Crippen molar-refractivity contribution in [1.82, 2.24) is 15.5 Å². The van der Waals surface area contributed by atoms with Gasteiger partial charge in [0.15, 0.2) is 0 Å². The van der Waals surface area contributed by atoms with Crippen molar-refractivity contribution >= 4 is 0 Å². The second kappa shape index (κ2) is 3.94. The van der Waals surface area contributed by atoms with Gasteiger partial charge in [-0.15, -0.1) is 0 Å². The summed E-state index contributed by atoms with van der Waals surface area (Å²) in [5.41, 5.74) is 1.80. The summed E-state index contributed by atoms with van der Waals surface area (Å²) >= 11 is 0. The molecular formula is C15H25N3. The van der Waals surface area contributed by atoms with Gasteiger partial charge in [-0.3, -0.25) is 0 Å². The molecule has 2 heterocycles. The molecule has 2 N–H and O–H groups in total. The van der Waals surface area contributed by atoms with Crippen molar-refractivity contribution in [2.75, 3.05) is 0 Å². The van der Waals surface area contributed by atoms with Crippen molar-refractivity contribution in [1.29, 1.82) is 0 Å². The molecule has 0 aromatic rings. The Morgan fingerprint density at radius 1 is 1.28 bits per heavy atom. The maximum atomic E-state index is 4.10. The summed E-state index contributed by atoms with van der Waals surface area (Å²) in [5.74, 6) is 1.62. The molecule has 100 valence electrons. The molecule has 3 heteroatoms. The van der Waals surface area contributed by atoms with Crippen molar-refractivity contribution in [2.45, 2.75) is 64.2 Å². The van der Waals surface area contributed by atoms with Gasteiger partial charge in [-0.25, -0.2) is 0 Å². The van der Waals surface area contributed by atoms with Crippen LogP contribution in [0.4, 0.5) is 0 Å². The third kappa shape index (κ3) is 1.80. The van der Waals surface area contributed by atoms with E-state index >= 15 is 0 Å². The molecule has 3 unspecified atom stereocenters. The van der Waals surface area contributed by atoms with Crippen molar-refractivity contribution < 1.29 is 0 Å². The number of rotatable bonds is 0. The summed E-state index contributed by atoms with van der Waals surface area (Å²) in [5, 5.41) is 7.12. The summed E-state index contributed by atoms with van der Waals surface area (Å²) in [6, 6.07) is 0.574. The summed E-state index contributed by atoms with van der Waals surface area (Å²) in [4.78, 5) is 2.50. The summed E-state index contributed by atoms with van der Waals surface area (Å²) in [7, 11) is 0. The highest BCUT2D eigenvalue weighted by Crippen LogP contribution is 2.42. The summed E-state index contributed by atoms with van der Waals surface area (Å²) in [6.45, 7) is 11.0. The lowest BCUT2D eigenvalue weighted by Gasteiger charge is -2.46. The monoisotopic (exact) mass is 247 g/mol. The number of nitrogens with one attached hydrogen (secondary N) is 2. The molecule has 0 aromatic heterocycles. The third-order valence-electron chi connectivity index (χ3n) is 4.49. The van der Waals surface area contributed by atoms with Gasteiger partial charge in [0.25, 0.3) is 0 Å². The number of hydrogen-bond acceptors (Lipinski definition) is 3. The average Bonchev–Trinajstić information content (AvgIpc) is 2.49. The van der Waals surface area contributed by atoms with Crippen LogP contribution in [0.2, 0.25) is 0 Å². The molecule has 0 spiro atoms. The van der Waals surface area contributed by atoms with Crippen LogP contribution < -0.4 is 10.6 Å². The van der Waals surface area contributed by atoms with Gasteiger partial charge >= 0.3 is 0 Å². The summed E-state index contributed by atoms with van der Waals surface area (Å²) < 4.78 is 0. The largest absolute Gasteiger partial charge is 0.369 e. The van der Waals surface area contributed by atoms with E-state index in [2.05, 4.69) is 49.1 Å². The predicted molar refractivity (Wildman–Crippen MR) is 74.6 cm³/mol. The fraction of sp³-hybridized carbons (Fsp3) is 0.733. The molecule has 0 aromatic carbocycles. The van der Waals surface area contributed by atoms with Gasteiger partial charge in [0.2, 0.25) is 0 Å². The van der Waals surface area contributed by atoms with Gasteiger partial charge in [0, 0.05) is 23.7 Å². The smallest absolute Gasteiger partial charge is 0.109 e. The predicted octanol–water partition coefficient (Wildman–Crippen LogP) is 2.53. The van der Waals surface area contributed by atoms with Gasteiger partial charge in [0.05, 0.1) is 5.82 Å². The Morgan fingerprint density at radius 3 is 2.78 bits per heavy atom. The van der Waals surface area contributed by atoms with Crippen LogP contribution in [0.15, 0.2) is 24.2 Å². The van der Waals surface area contributed by atoms with Gasteiger partial charge in [-0.1, -0.05) is 13.0 Å². The average molecular weight is 247 g/mol. The van der Waals surface area contributed by atoms with Gasteiger partial charge in [0.1, 0.15) is 6.17 Å². The molecule has 18 heavy (non-hydrogen) atoms. The Kier molecular flexibility index (Phi) is 2.61. The molecule has 1 saturated heterocycles. The molecule has 0 amide bonds. The van der Waals surface area contributed by atoms with Crippen LogP contribution in [0.3, 0.4) is 0 Å². The van der Waals surface area contributed by atoms with Crippen LogP contribution in [-0.4, -0.2) is 22.6 Å². The van der Waals surface area contributed by atoms with E-state index in [1.165, 1.54) is 25.7 Å². The quantitative estimate of drug-likeness (QED) is 0.689. The maximum Gasteiger partial charge on any atom is 0.109 e. The van der Waals surface area contributed by atoms with E-state index in [-0.39, 0.29) is 5.54 Å². The van der Waals surface area contributed by atoms with E-state index in [1.807, 2.05) is 0 Å². The normalized spacial score (nSPS) is 35.3. The molecule has 0 radical (unpaired) electrons. The molecule has 3 nitrogen and oxygen atoms in total. The van der Waals surface area contributed by atoms with Crippen LogP contribution in [0.5, 0.6) is 0 Å². The highest BCUT2D eigenvalue weighted by molar-refractivity contribution is 5.26. The topological polar surface area (TPSA) is 27.3 Å². The minimum atomic E-state index is 0.166. The van der Waals surface area contributed by atoms with Crippen LogP contribution in [0.1, 0.15) is 46.5 Å². The standard InChI is InChI=1S/C15H25N3/c1-10-16-12-8-6-5-7-11-9-18(15(2,3)4)14(17-10)13(11)12/h9,12-14,16-17H,1,5-8H2,2-4H3. The first-order valence-corrected chi connectivity index (χ1v) is 7.18. The molecule has 0 bridgehead atoms. The molecule has 1 saturated carbocycles. The van der Waals surface area contributed by atoms with Crippen LogP contribution in [0, 0.1) is 5.92 Å². The van der Waals surface area contributed by atoms with E-state index in [0.29, 0.717) is 18.1 Å². The summed E-state index contributed by atoms with van der Waals surface area (Å²) in [6.07, 6.45) is 8.02. The molecule has 2 aliphatic heterocycles. The zero-order chi connectivity index (χ0) is 12.9. The lowest BCUT2D eigenvalue weighted by molar-refractivity contribution is 0.0892. The van der Waals surface area contributed by atoms with Crippen LogP contribution in [-0.2, 0) is 0 Å². The van der Waals surface area contributed by atoms with Crippen molar-refractivity contribution in [3.63, 3.8) is 0 Å². The second-order valence-electron chi connectivity index (χ2n) is 6.87. The molecule has 3 aliphatic rings. The first-order chi connectivity index (χ1) is 8.47. The van der Waals surface area contributed by atoms with E-state index in [1.54, 1.807) is 5.57 Å². The Morgan fingerprint density at radius 2 is 2.06 bits per heavy atom. The maximum absolute atomic E-state index is 4.10. The highest BCUT2D eigenvalue weighted by atomic mass is 15.4. The van der Waals surface area contributed by atoms with E-state index in [0.717, 1.165) is 5.82 Å². The fourth-order valence-electron chi connectivity index (χ4n) is 3.68. The molecule has 3 atom stereocenters. The van der Waals surface area contributed by atoms with Gasteiger partial charge in [-0.2, -0.15) is 0 Å². The van der Waals surface area contributed by atoms with E-state index < -0.39 is 0 Å². The van der Waals surface area contributed by atoms with Crippen molar-refractivity contribution in [3.8, 4) is 0 Å². The molecule has 3 rings (SSSR count). The van der Waals surface area contributed by atoms with Crippen molar-refractivity contribution in [3.05, 3.63) is 24.2 Å². The highest BCUT2D eigenvalue weighted by Gasteiger charge is 2.46. The first kappa shape index (κ1) is 11.9. The Balaban J connectivity index is 1.96. The zero-order valence-corrected chi connectivity index (χ0v) is 11.8. The lowest BCUT2D eigenvalue weighted by atomic mass is 9.87. The zero-order valence-electron chi connectivity index (χ0n) is 11.8. The van der Waals surface area contributed by atoms with Crippen LogP contribution in [0.25, 0.3) is 0 Å². The minimum absolute atomic E-state index is 0.166. The van der Waals surface area contributed by atoms with E-state index in [4.69, 9.17) is 0 Å².